The van der Waals surface area contributed by atoms with Gasteiger partial charge >= 0.3 is 0 Å². The Hall–Kier alpha value is -1.59. The van der Waals surface area contributed by atoms with Crippen LogP contribution in [0.2, 0.25) is 0 Å². The number of hydrogen-bond donors (Lipinski definition) is 2. The number of para-hydroxylation sites is 1. The quantitative estimate of drug-likeness (QED) is 0.794. The lowest BCUT2D eigenvalue weighted by molar-refractivity contribution is -0.139. The summed E-state index contributed by atoms with van der Waals surface area (Å²) in [4.78, 5) is 13.3. The van der Waals surface area contributed by atoms with E-state index in [9.17, 15) is 15.0 Å². The molecule has 1 aliphatic heterocycles. The Morgan fingerprint density at radius 2 is 2.00 bits per heavy atom. The molecule has 0 aromatic heterocycles. The highest BCUT2D eigenvalue weighted by Crippen LogP contribution is 2.12. The largest absolute Gasteiger partial charge is 0.484 e. The monoisotopic (exact) mass is 251 g/mol. The van der Waals surface area contributed by atoms with Gasteiger partial charge in [0.2, 0.25) is 0 Å². The van der Waals surface area contributed by atoms with Crippen LogP contribution in [0, 0.1) is 0 Å². The molecule has 1 aliphatic rings. The highest BCUT2D eigenvalue weighted by atomic mass is 16.5. The summed E-state index contributed by atoms with van der Waals surface area (Å²) >= 11 is 0. The zero-order chi connectivity index (χ0) is 13.0. The number of aliphatic hydroxyl groups is 2. The maximum atomic E-state index is 11.8. The average Bonchev–Trinajstić information content (AvgIpc) is 2.40. The number of hydrogen-bond acceptors (Lipinski definition) is 4. The number of aliphatic hydroxyl groups excluding tert-OH is 2. The lowest BCUT2D eigenvalue weighted by Crippen LogP contribution is -2.50. The Morgan fingerprint density at radius 1 is 1.28 bits per heavy atom. The number of carbonyl (C=O) groups is 1. The molecule has 0 aliphatic carbocycles. The maximum absolute atomic E-state index is 11.8. The van der Waals surface area contributed by atoms with Gasteiger partial charge in [-0.15, -0.1) is 0 Å². The Bertz CT molecular complexity index is 395. The second kappa shape index (κ2) is 5.84. The van der Waals surface area contributed by atoms with E-state index in [2.05, 4.69) is 0 Å². The lowest BCUT2D eigenvalue weighted by atomic mass is 10.1. The summed E-state index contributed by atoms with van der Waals surface area (Å²) in [6, 6.07) is 9.10. The Balaban J connectivity index is 1.82. The molecule has 18 heavy (non-hydrogen) atoms. The summed E-state index contributed by atoms with van der Waals surface area (Å²) in [5.74, 6) is 0.466. The predicted octanol–water partition coefficient (Wildman–Crippen LogP) is 0.0195. The van der Waals surface area contributed by atoms with Crippen molar-refractivity contribution in [2.45, 2.75) is 18.6 Å². The van der Waals surface area contributed by atoms with Crippen LogP contribution in [0.15, 0.2) is 30.3 Å². The molecule has 1 aromatic rings. The fraction of sp³-hybridized carbons (Fsp3) is 0.462. The fourth-order valence-corrected chi connectivity index (χ4v) is 1.90. The molecule has 0 radical (unpaired) electrons. The minimum absolute atomic E-state index is 0.0488. The predicted molar refractivity (Wildman–Crippen MR) is 65.1 cm³/mol. The number of β-amino-alcohol motifs (C(OH)–C–C–N with tert-alkyl or cyclic N) is 1. The molecule has 0 bridgehead atoms. The fourth-order valence-electron chi connectivity index (χ4n) is 1.90. The number of amides is 1. The molecule has 0 saturated carbocycles. The minimum Gasteiger partial charge on any atom is -0.484 e. The van der Waals surface area contributed by atoms with Crippen molar-refractivity contribution in [1.82, 2.24) is 4.90 Å². The normalized spacial score (nSPS) is 23.8. The van der Waals surface area contributed by atoms with Gasteiger partial charge in [0.1, 0.15) is 5.75 Å². The topological polar surface area (TPSA) is 70.0 Å². The van der Waals surface area contributed by atoms with Crippen molar-refractivity contribution in [2.24, 2.45) is 0 Å². The first-order valence-electron chi connectivity index (χ1n) is 5.98. The molecule has 0 unspecified atom stereocenters. The molecule has 2 atom stereocenters. The molecule has 2 rings (SSSR count). The molecule has 1 saturated heterocycles. The van der Waals surface area contributed by atoms with Gasteiger partial charge in [-0.05, 0) is 18.6 Å². The van der Waals surface area contributed by atoms with Gasteiger partial charge in [0.05, 0.1) is 12.2 Å². The third-order valence-electron chi connectivity index (χ3n) is 3.00. The smallest absolute Gasteiger partial charge is 0.260 e. The molecule has 1 aromatic carbocycles. The van der Waals surface area contributed by atoms with Crippen LogP contribution in [0.3, 0.4) is 0 Å². The molecule has 0 spiro atoms. The highest BCUT2D eigenvalue weighted by molar-refractivity contribution is 5.77. The average molecular weight is 251 g/mol. The Morgan fingerprint density at radius 3 is 2.67 bits per heavy atom. The van der Waals surface area contributed by atoms with Crippen molar-refractivity contribution >= 4 is 5.91 Å². The summed E-state index contributed by atoms with van der Waals surface area (Å²) < 4.78 is 5.35. The van der Waals surface area contributed by atoms with E-state index < -0.39 is 12.2 Å². The first-order valence-corrected chi connectivity index (χ1v) is 5.98. The van der Waals surface area contributed by atoms with Crippen molar-refractivity contribution in [1.29, 1.82) is 0 Å². The molecular formula is C13H17NO4. The summed E-state index contributed by atoms with van der Waals surface area (Å²) in [6.07, 6.45) is -1.19. The number of rotatable bonds is 3. The van der Waals surface area contributed by atoms with E-state index in [1.807, 2.05) is 18.2 Å². The lowest BCUT2D eigenvalue weighted by Gasteiger charge is -2.33. The van der Waals surface area contributed by atoms with Gasteiger partial charge in [-0.2, -0.15) is 0 Å². The number of piperidine rings is 1. The first-order chi connectivity index (χ1) is 8.66. The second-order valence-electron chi connectivity index (χ2n) is 4.36. The molecule has 5 heteroatoms. The van der Waals surface area contributed by atoms with Crippen LogP contribution in [0.4, 0.5) is 0 Å². The van der Waals surface area contributed by atoms with Crippen LogP contribution in [0.5, 0.6) is 5.75 Å². The number of likely N-dealkylation sites (tertiary alicyclic amines) is 1. The van der Waals surface area contributed by atoms with Crippen LogP contribution < -0.4 is 4.74 Å². The van der Waals surface area contributed by atoms with Crippen LogP contribution >= 0.6 is 0 Å². The van der Waals surface area contributed by atoms with Gasteiger partial charge in [0.25, 0.3) is 5.91 Å². The van der Waals surface area contributed by atoms with Crippen LogP contribution in [-0.2, 0) is 4.79 Å². The third kappa shape index (κ3) is 3.21. The molecular weight excluding hydrogens is 234 g/mol. The van der Waals surface area contributed by atoms with E-state index in [0.717, 1.165) is 0 Å². The number of carbonyl (C=O) groups excluding carboxylic acids is 1. The van der Waals surface area contributed by atoms with Gasteiger partial charge in [0.15, 0.2) is 6.61 Å². The molecule has 2 N–H and O–H groups in total. The van der Waals surface area contributed by atoms with Crippen molar-refractivity contribution in [3.63, 3.8) is 0 Å². The highest BCUT2D eigenvalue weighted by Gasteiger charge is 2.28. The van der Waals surface area contributed by atoms with Gasteiger partial charge in [-0.3, -0.25) is 4.79 Å². The van der Waals surface area contributed by atoms with Crippen molar-refractivity contribution in [3.05, 3.63) is 30.3 Å². The van der Waals surface area contributed by atoms with E-state index in [1.54, 1.807) is 12.1 Å². The van der Waals surface area contributed by atoms with Crippen LogP contribution in [0.1, 0.15) is 6.42 Å². The van der Waals surface area contributed by atoms with Crippen molar-refractivity contribution < 1.29 is 19.7 Å². The van der Waals surface area contributed by atoms with E-state index in [4.69, 9.17) is 4.74 Å². The van der Waals surface area contributed by atoms with Gasteiger partial charge in [0, 0.05) is 13.1 Å². The van der Waals surface area contributed by atoms with Crippen LogP contribution in [0.25, 0.3) is 0 Å². The zero-order valence-corrected chi connectivity index (χ0v) is 10.0. The molecule has 98 valence electrons. The summed E-state index contributed by atoms with van der Waals surface area (Å²) in [5, 5.41) is 18.9. The Kier molecular flexibility index (Phi) is 4.17. The zero-order valence-electron chi connectivity index (χ0n) is 10.0. The van der Waals surface area contributed by atoms with Gasteiger partial charge < -0.3 is 19.8 Å². The molecule has 5 nitrogen and oxygen atoms in total. The third-order valence-corrected chi connectivity index (χ3v) is 3.00. The summed E-state index contributed by atoms with van der Waals surface area (Å²) in [5.41, 5.74) is 0. The number of benzene rings is 1. The molecule has 1 amide bonds. The van der Waals surface area contributed by atoms with E-state index in [-0.39, 0.29) is 19.1 Å². The van der Waals surface area contributed by atoms with E-state index in [1.165, 1.54) is 4.90 Å². The van der Waals surface area contributed by atoms with E-state index in [0.29, 0.717) is 18.7 Å². The van der Waals surface area contributed by atoms with Gasteiger partial charge in [-0.25, -0.2) is 0 Å². The first kappa shape index (κ1) is 12.9. The molecule has 1 fully saturated rings. The molecule has 1 heterocycles. The van der Waals surface area contributed by atoms with Crippen LogP contribution in [-0.4, -0.2) is 52.9 Å². The standard InChI is InChI=1S/C13H17NO4/c15-11-6-7-14(8-12(11)16)13(17)9-18-10-4-2-1-3-5-10/h1-5,11-12,15-16H,6-9H2/t11-,12-/m1/s1. The van der Waals surface area contributed by atoms with Crippen molar-refractivity contribution in [3.8, 4) is 5.75 Å². The van der Waals surface area contributed by atoms with Gasteiger partial charge in [-0.1, -0.05) is 18.2 Å². The number of nitrogens with zero attached hydrogens (tertiary/aromatic N) is 1. The number of ether oxygens (including phenoxy) is 1. The van der Waals surface area contributed by atoms with E-state index >= 15 is 0 Å². The summed E-state index contributed by atoms with van der Waals surface area (Å²) in [7, 11) is 0. The second-order valence-corrected chi connectivity index (χ2v) is 4.36. The Labute approximate surface area is 106 Å². The van der Waals surface area contributed by atoms with Crippen molar-refractivity contribution in [2.75, 3.05) is 19.7 Å². The maximum Gasteiger partial charge on any atom is 0.260 e. The SMILES string of the molecule is O=C(COc1ccccc1)N1CC[C@@H](O)[C@H](O)C1. The minimum atomic E-state index is -0.862. The summed E-state index contributed by atoms with van der Waals surface area (Å²) in [6.45, 7) is 0.570.